The standard InChI is InChI=1S/2C9H20N2.Co/c2*1-6-8(10-7-2)11-9(3,4)5;/h2*6-7H2,1-5H3,(H,10,11);. The van der Waals surface area contributed by atoms with E-state index in [1.54, 1.807) is 0 Å². The van der Waals surface area contributed by atoms with Gasteiger partial charge in [-0.15, -0.1) is 0 Å². The molecule has 0 unspecified atom stereocenters. The van der Waals surface area contributed by atoms with Crippen molar-refractivity contribution in [2.24, 2.45) is 9.98 Å². The van der Waals surface area contributed by atoms with Gasteiger partial charge in [-0.25, -0.2) is 0 Å². The van der Waals surface area contributed by atoms with E-state index in [4.69, 9.17) is 0 Å². The Kier molecular flexibility index (Phi) is 16.4. The van der Waals surface area contributed by atoms with Crippen molar-refractivity contribution in [3.05, 3.63) is 0 Å². The second-order valence-electron chi connectivity index (χ2n) is 7.30. The van der Waals surface area contributed by atoms with Crippen LogP contribution in [0.25, 0.3) is 0 Å². The van der Waals surface area contributed by atoms with E-state index in [9.17, 15) is 0 Å². The molecule has 0 aromatic heterocycles. The average molecular weight is 371 g/mol. The molecule has 0 aromatic rings. The van der Waals surface area contributed by atoms with Crippen molar-refractivity contribution in [1.82, 2.24) is 10.6 Å². The van der Waals surface area contributed by atoms with Crippen molar-refractivity contribution in [1.29, 1.82) is 0 Å². The number of hydrogen-bond donors (Lipinski definition) is 2. The second kappa shape index (κ2) is 13.8. The van der Waals surface area contributed by atoms with Crippen molar-refractivity contribution in [2.45, 2.75) is 93.2 Å². The molecule has 0 atom stereocenters. The van der Waals surface area contributed by atoms with E-state index in [1.165, 1.54) is 0 Å². The Bertz CT molecular complexity index is 302. The van der Waals surface area contributed by atoms with Crippen LogP contribution in [0.2, 0.25) is 0 Å². The van der Waals surface area contributed by atoms with Gasteiger partial charge < -0.3 is 10.6 Å². The Morgan fingerprint density at radius 3 is 1.04 bits per heavy atom. The molecule has 0 fully saturated rings. The molecule has 4 nitrogen and oxygen atoms in total. The van der Waals surface area contributed by atoms with Crippen LogP contribution in [0.1, 0.15) is 82.1 Å². The van der Waals surface area contributed by atoms with Crippen molar-refractivity contribution >= 4 is 11.7 Å². The summed E-state index contributed by atoms with van der Waals surface area (Å²) >= 11 is 0. The summed E-state index contributed by atoms with van der Waals surface area (Å²) in [5.74, 6) is 2.22. The Morgan fingerprint density at radius 2 is 0.913 bits per heavy atom. The van der Waals surface area contributed by atoms with Crippen LogP contribution in [0.15, 0.2) is 9.98 Å². The van der Waals surface area contributed by atoms with Crippen LogP contribution in [-0.2, 0) is 16.8 Å². The minimum atomic E-state index is 0. The van der Waals surface area contributed by atoms with Crippen molar-refractivity contribution < 1.29 is 16.8 Å². The fourth-order valence-electron chi connectivity index (χ4n) is 1.73. The topological polar surface area (TPSA) is 48.8 Å². The first-order chi connectivity index (χ1) is 9.99. The van der Waals surface area contributed by atoms with E-state index >= 15 is 0 Å². The van der Waals surface area contributed by atoms with Crippen molar-refractivity contribution in [3.8, 4) is 0 Å². The van der Waals surface area contributed by atoms with Crippen LogP contribution in [0.3, 0.4) is 0 Å². The SMILES string of the molecule is CCN=C(CC)NC(C)(C)C.CCN=C(CC)NC(C)(C)C.[Co]. The van der Waals surface area contributed by atoms with Gasteiger partial charge in [0.15, 0.2) is 0 Å². The van der Waals surface area contributed by atoms with Gasteiger partial charge in [0.1, 0.15) is 0 Å². The van der Waals surface area contributed by atoms with Crippen LogP contribution in [-0.4, -0.2) is 35.8 Å². The van der Waals surface area contributed by atoms with Crippen molar-refractivity contribution in [3.63, 3.8) is 0 Å². The molecule has 0 rings (SSSR count). The zero-order valence-electron chi connectivity index (χ0n) is 17.1. The molecule has 0 heterocycles. The van der Waals surface area contributed by atoms with Gasteiger partial charge in [-0.05, 0) is 55.4 Å². The van der Waals surface area contributed by atoms with Gasteiger partial charge >= 0.3 is 0 Å². The Balaban J connectivity index is -0.000000333. The Labute approximate surface area is 155 Å². The molecule has 5 heteroatoms. The monoisotopic (exact) mass is 371 g/mol. The molecule has 0 bridgehead atoms. The van der Waals surface area contributed by atoms with E-state index < -0.39 is 0 Å². The molecule has 0 aliphatic rings. The summed E-state index contributed by atoms with van der Waals surface area (Å²) < 4.78 is 0. The fraction of sp³-hybridized carbons (Fsp3) is 0.889. The predicted octanol–water partition coefficient (Wildman–Crippen LogP) is 4.40. The summed E-state index contributed by atoms with van der Waals surface area (Å²) in [4.78, 5) is 8.67. The van der Waals surface area contributed by atoms with E-state index in [1.807, 2.05) is 0 Å². The summed E-state index contributed by atoms with van der Waals surface area (Å²) in [6, 6.07) is 0. The summed E-state index contributed by atoms with van der Waals surface area (Å²) in [7, 11) is 0. The maximum Gasteiger partial charge on any atom is 0.0964 e. The normalized spacial score (nSPS) is 12.8. The summed E-state index contributed by atoms with van der Waals surface area (Å²) in [5.41, 5.74) is 0.286. The zero-order valence-corrected chi connectivity index (χ0v) is 18.1. The number of hydrogen-bond acceptors (Lipinski definition) is 2. The van der Waals surface area contributed by atoms with Gasteiger partial charge in [-0.2, -0.15) is 0 Å². The number of nitrogens with one attached hydrogen (secondary N) is 2. The molecule has 0 aliphatic heterocycles. The maximum atomic E-state index is 4.33. The van der Waals surface area contributed by atoms with E-state index in [0.717, 1.165) is 37.6 Å². The number of nitrogens with zero attached hydrogens (tertiary/aromatic N) is 2. The number of aliphatic imine (C=N–C) groups is 2. The Hall–Kier alpha value is -0.554. The molecular weight excluding hydrogens is 331 g/mol. The summed E-state index contributed by atoms with van der Waals surface area (Å²) in [6.07, 6.45) is 1.98. The third-order valence-electron chi connectivity index (χ3n) is 2.41. The third kappa shape index (κ3) is 21.4. The largest absolute Gasteiger partial charge is 0.369 e. The minimum absolute atomic E-state index is 0. The van der Waals surface area contributed by atoms with E-state index in [0.29, 0.717) is 0 Å². The molecule has 23 heavy (non-hydrogen) atoms. The predicted molar refractivity (Wildman–Crippen MR) is 102 cm³/mol. The second-order valence-corrected chi connectivity index (χ2v) is 7.30. The smallest absolute Gasteiger partial charge is 0.0964 e. The Morgan fingerprint density at radius 1 is 0.652 bits per heavy atom. The van der Waals surface area contributed by atoms with Gasteiger partial charge in [0, 0.05) is 53.8 Å². The van der Waals surface area contributed by atoms with E-state index in [2.05, 4.69) is 89.9 Å². The van der Waals surface area contributed by atoms with Gasteiger partial charge in [-0.3, -0.25) is 9.98 Å². The van der Waals surface area contributed by atoms with Crippen LogP contribution in [0.5, 0.6) is 0 Å². The zero-order chi connectivity index (χ0) is 17.8. The maximum absolute atomic E-state index is 4.33. The average Bonchev–Trinajstić information content (AvgIpc) is 2.35. The molecule has 2 N–H and O–H groups in total. The van der Waals surface area contributed by atoms with Gasteiger partial charge in [0.25, 0.3) is 0 Å². The molecule has 141 valence electrons. The quantitative estimate of drug-likeness (QED) is 0.568. The molecule has 0 saturated heterocycles. The molecule has 0 amide bonds. The van der Waals surface area contributed by atoms with Gasteiger partial charge in [0.2, 0.25) is 0 Å². The van der Waals surface area contributed by atoms with Gasteiger partial charge in [0.05, 0.1) is 11.7 Å². The van der Waals surface area contributed by atoms with E-state index in [-0.39, 0.29) is 27.9 Å². The van der Waals surface area contributed by atoms with Gasteiger partial charge in [-0.1, -0.05) is 13.8 Å². The molecule has 0 spiro atoms. The minimum Gasteiger partial charge on any atom is -0.369 e. The molecule has 0 aliphatic carbocycles. The molecule has 1 radical (unpaired) electrons. The molecule has 0 aromatic carbocycles. The molecule has 0 saturated carbocycles. The van der Waals surface area contributed by atoms with Crippen molar-refractivity contribution in [2.75, 3.05) is 13.1 Å². The third-order valence-corrected chi connectivity index (χ3v) is 2.41. The number of rotatable bonds is 4. The summed E-state index contributed by atoms with van der Waals surface area (Å²) in [6.45, 7) is 23.0. The fourth-order valence-corrected chi connectivity index (χ4v) is 1.73. The van der Waals surface area contributed by atoms with Crippen LogP contribution in [0, 0.1) is 0 Å². The molecular formula is C18H40CoN4. The number of amidine groups is 2. The first-order valence-electron chi connectivity index (χ1n) is 8.62. The van der Waals surface area contributed by atoms with Crippen LogP contribution in [0.4, 0.5) is 0 Å². The first-order valence-corrected chi connectivity index (χ1v) is 8.62. The first kappa shape index (κ1) is 27.3. The van der Waals surface area contributed by atoms with Crippen LogP contribution >= 0.6 is 0 Å². The van der Waals surface area contributed by atoms with Crippen LogP contribution < -0.4 is 10.6 Å². The summed E-state index contributed by atoms with van der Waals surface area (Å²) in [5, 5.41) is 6.71.